The van der Waals surface area contributed by atoms with Gasteiger partial charge in [-0.15, -0.1) is 0 Å². The molecule has 104 valence electrons. The van der Waals surface area contributed by atoms with E-state index in [9.17, 15) is 4.79 Å². The second-order valence-electron chi connectivity index (χ2n) is 5.65. The van der Waals surface area contributed by atoms with Crippen molar-refractivity contribution in [1.82, 2.24) is 20.4 Å². The Morgan fingerprint density at radius 3 is 2.74 bits per heavy atom. The number of hydrogen-bond donors (Lipinski definition) is 2. The number of nitrogens with zero attached hydrogens (tertiary/aromatic N) is 2. The van der Waals surface area contributed by atoms with Gasteiger partial charge in [-0.3, -0.25) is 9.89 Å². The molecule has 5 heteroatoms. The molecule has 2 N–H and O–H groups in total. The molecule has 0 radical (unpaired) electrons. The number of rotatable bonds is 4. The average Bonchev–Trinajstić information content (AvgIpc) is 3.17. The zero-order valence-electron chi connectivity index (χ0n) is 11.5. The number of likely N-dealkylation sites (tertiary alicyclic amines) is 1. The lowest BCUT2D eigenvalue weighted by Gasteiger charge is -2.32. The molecule has 0 unspecified atom stereocenters. The second-order valence-corrected chi connectivity index (χ2v) is 5.65. The van der Waals surface area contributed by atoms with Crippen molar-refractivity contribution in [3.05, 3.63) is 17.5 Å². The van der Waals surface area contributed by atoms with Gasteiger partial charge in [0, 0.05) is 30.9 Å². The van der Waals surface area contributed by atoms with Crippen molar-refractivity contribution in [2.75, 3.05) is 13.1 Å². The lowest BCUT2D eigenvalue weighted by molar-refractivity contribution is 0.0904. The normalized spacial score (nSPS) is 21.5. The predicted octanol–water partition coefficient (Wildman–Crippen LogP) is 1.33. The molecule has 1 aromatic heterocycles. The van der Waals surface area contributed by atoms with E-state index in [4.69, 9.17) is 0 Å². The maximum atomic E-state index is 12.1. The van der Waals surface area contributed by atoms with E-state index in [1.54, 1.807) is 0 Å². The van der Waals surface area contributed by atoms with E-state index in [0.29, 0.717) is 11.7 Å². The molecule has 0 bridgehead atoms. The van der Waals surface area contributed by atoms with Gasteiger partial charge in [-0.1, -0.05) is 6.92 Å². The lowest BCUT2D eigenvalue weighted by Crippen LogP contribution is -2.45. The van der Waals surface area contributed by atoms with Crippen molar-refractivity contribution < 1.29 is 4.79 Å². The first-order valence-corrected chi connectivity index (χ1v) is 7.35. The van der Waals surface area contributed by atoms with Crippen LogP contribution in [0.4, 0.5) is 0 Å². The van der Waals surface area contributed by atoms with E-state index >= 15 is 0 Å². The smallest absolute Gasteiger partial charge is 0.271 e. The lowest BCUT2D eigenvalue weighted by atomic mass is 10.0. The van der Waals surface area contributed by atoms with Crippen molar-refractivity contribution in [2.45, 2.75) is 51.1 Å². The minimum Gasteiger partial charge on any atom is -0.348 e. The number of carbonyl (C=O) groups excluding carboxylic acids is 1. The van der Waals surface area contributed by atoms with Gasteiger partial charge in [-0.2, -0.15) is 5.10 Å². The number of nitrogens with one attached hydrogen (secondary N) is 2. The molecule has 2 heterocycles. The van der Waals surface area contributed by atoms with Gasteiger partial charge in [0.1, 0.15) is 5.69 Å². The van der Waals surface area contributed by atoms with Crippen LogP contribution in [0.25, 0.3) is 0 Å². The minimum absolute atomic E-state index is 0.0409. The first-order chi connectivity index (χ1) is 9.26. The number of hydrogen-bond acceptors (Lipinski definition) is 3. The van der Waals surface area contributed by atoms with E-state index < -0.39 is 0 Å². The first-order valence-electron chi connectivity index (χ1n) is 7.35. The number of carbonyl (C=O) groups is 1. The van der Waals surface area contributed by atoms with E-state index in [1.165, 1.54) is 12.8 Å². The van der Waals surface area contributed by atoms with Gasteiger partial charge in [-0.05, 0) is 38.2 Å². The zero-order valence-corrected chi connectivity index (χ0v) is 11.5. The third-order valence-corrected chi connectivity index (χ3v) is 4.17. The largest absolute Gasteiger partial charge is 0.348 e. The molecular weight excluding hydrogens is 240 g/mol. The zero-order chi connectivity index (χ0) is 13.2. The molecule has 3 rings (SSSR count). The van der Waals surface area contributed by atoms with Crippen molar-refractivity contribution >= 4 is 5.91 Å². The van der Waals surface area contributed by atoms with Crippen LogP contribution >= 0.6 is 0 Å². The molecule has 1 amide bonds. The molecule has 0 aromatic carbocycles. The summed E-state index contributed by atoms with van der Waals surface area (Å²) >= 11 is 0. The molecule has 1 aromatic rings. The topological polar surface area (TPSA) is 61.0 Å². The molecule has 1 aliphatic carbocycles. The molecule has 1 saturated carbocycles. The third-order valence-electron chi connectivity index (χ3n) is 4.17. The standard InChI is InChI=1S/C14H22N4O/c1-2-10-9-13(17-16-10)14(19)15-11-5-7-18(8-6-11)12-3-4-12/h9,11-12H,2-8H2,1H3,(H,15,19)(H,16,17). The van der Waals surface area contributed by atoms with E-state index in [2.05, 4.69) is 20.4 Å². The average molecular weight is 262 g/mol. The molecular formula is C14H22N4O. The quantitative estimate of drug-likeness (QED) is 0.860. The summed E-state index contributed by atoms with van der Waals surface area (Å²) in [5.41, 5.74) is 1.52. The van der Waals surface area contributed by atoms with Gasteiger partial charge in [0.2, 0.25) is 0 Å². The fourth-order valence-corrected chi connectivity index (χ4v) is 2.77. The van der Waals surface area contributed by atoms with Crippen LogP contribution in [0, 0.1) is 0 Å². The summed E-state index contributed by atoms with van der Waals surface area (Å²) in [7, 11) is 0. The SMILES string of the molecule is CCc1cc(C(=O)NC2CCN(C3CC3)CC2)n[nH]1. The second kappa shape index (κ2) is 5.33. The van der Waals surface area contributed by atoms with Gasteiger partial charge in [0.25, 0.3) is 5.91 Å². The summed E-state index contributed by atoms with van der Waals surface area (Å²) in [5.74, 6) is -0.0409. The number of amides is 1. The molecule has 1 aliphatic heterocycles. The summed E-state index contributed by atoms with van der Waals surface area (Å²) in [6.07, 6.45) is 5.73. The first kappa shape index (κ1) is 12.7. The molecule has 0 atom stereocenters. The van der Waals surface area contributed by atoms with Crippen LogP contribution in [0.1, 0.15) is 48.8 Å². The van der Waals surface area contributed by atoms with Crippen LogP contribution in [-0.4, -0.2) is 46.2 Å². The Morgan fingerprint density at radius 2 is 2.16 bits per heavy atom. The highest BCUT2D eigenvalue weighted by atomic mass is 16.2. The van der Waals surface area contributed by atoms with Gasteiger partial charge in [-0.25, -0.2) is 0 Å². The van der Waals surface area contributed by atoms with Gasteiger partial charge < -0.3 is 10.2 Å². The number of aromatic nitrogens is 2. The number of aryl methyl sites for hydroxylation is 1. The van der Waals surface area contributed by atoms with Crippen molar-refractivity contribution in [3.63, 3.8) is 0 Å². The summed E-state index contributed by atoms with van der Waals surface area (Å²) in [6, 6.07) is 2.99. The Kier molecular flexibility index (Phi) is 3.55. The maximum absolute atomic E-state index is 12.1. The van der Waals surface area contributed by atoms with Crippen molar-refractivity contribution in [3.8, 4) is 0 Å². The summed E-state index contributed by atoms with van der Waals surface area (Å²) in [5, 5.41) is 10.0. The van der Waals surface area contributed by atoms with Crippen LogP contribution in [0.5, 0.6) is 0 Å². The molecule has 2 fully saturated rings. The van der Waals surface area contributed by atoms with Crippen LogP contribution in [-0.2, 0) is 6.42 Å². The molecule has 5 nitrogen and oxygen atoms in total. The van der Waals surface area contributed by atoms with Gasteiger partial charge in [0.15, 0.2) is 0 Å². The Hall–Kier alpha value is -1.36. The molecule has 0 spiro atoms. The summed E-state index contributed by atoms with van der Waals surface area (Å²) in [4.78, 5) is 14.6. The Bertz CT molecular complexity index is 444. The number of H-pyrrole nitrogens is 1. The van der Waals surface area contributed by atoms with E-state index in [1.807, 2.05) is 13.0 Å². The van der Waals surface area contributed by atoms with Crippen LogP contribution in [0.3, 0.4) is 0 Å². The van der Waals surface area contributed by atoms with E-state index in [0.717, 1.165) is 44.1 Å². The third kappa shape index (κ3) is 2.97. The van der Waals surface area contributed by atoms with Gasteiger partial charge >= 0.3 is 0 Å². The van der Waals surface area contributed by atoms with Gasteiger partial charge in [0.05, 0.1) is 0 Å². The monoisotopic (exact) mass is 262 g/mol. The van der Waals surface area contributed by atoms with Crippen LogP contribution < -0.4 is 5.32 Å². The minimum atomic E-state index is -0.0409. The Morgan fingerprint density at radius 1 is 1.42 bits per heavy atom. The highest BCUT2D eigenvalue weighted by molar-refractivity contribution is 5.92. The maximum Gasteiger partial charge on any atom is 0.271 e. The fraction of sp³-hybridized carbons (Fsp3) is 0.714. The summed E-state index contributed by atoms with van der Waals surface area (Å²) < 4.78 is 0. The molecule has 19 heavy (non-hydrogen) atoms. The highest BCUT2D eigenvalue weighted by Crippen LogP contribution is 2.29. The van der Waals surface area contributed by atoms with Crippen LogP contribution in [0.15, 0.2) is 6.07 Å². The van der Waals surface area contributed by atoms with E-state index in [-0.39, 0.29) is 5.91 Å². The van der Waals surface area contributed by atoms with Crippen LogP contribution in [0.2, 0.25) is 0 Å². The molecule has 1 saturated heterocycles. The number of aromatic amines is 1. The highest BCUT2D eigenvalue weighted by Gasteiger charge is 2.32. The van der Waals surface area contributed by atoms with Crippen molar-refractivity contribution in [1.29, 1.82) is 0 Å². The fourth-order valence-electron chi connectivity index (χ4n) is 2.77. The Labute approximate surface area is 113 Å². The predicted molar refractivity (Wildman–Crippen MR) is 73.0 cm³/mol. The Balaban J connectivity index is 1.49. The summed E-state index contributed by atoms with van der Waals surface area (Å²) in [6.45, 7) is 4.29. The van der Waals surface area contributed by atoms with Crippen molar-refractivity contribution in [2.24, 2.45) is 0 Å². The number of piperidine rings is 1. The molecule has 2 aliphatic rings.